The third-order valence-electron chi connectivity index (χ3n) is 5.88. The molecule has 0 fully saturated rings. The molecular formula is C26H18F10O2. The third-order valence-corrected chi connectivity index (χ3v) is 5.88. The van der Waals surface area contributed by atoms with Crippen LogP contribution in [0.25, 0.3) is 6.08 Å². The van der Waals surface area contributed by atoms with Crippen LogP contribution in [0.1, 0.15) is 29.5 Å². The number of ether oxygens (including phenoxy) is 2. The van der Waals surface area contributed by atoms with Gasteiger partial charge in [-0.25, -0.2) is 8.78 Å². The van der Waals surface area contributed by atoms with Gasteiger partial charge >= 0.3 is 12.4 Å². The molecule has 0 amide bonds. The average Bonchev–Trinajstić information content (AvgIpc) is 2.86. The lowest BCUT2D eigenvalue weighted by Gasteiger charge is -2.37. The van der Waals surface area contributed by atoms with Gasteiger partial charge in [-0.2, -0.15) is 35.1 Å². The molecule has 1 unspecified atom stereocenters. The van der Waals surface area contributed by atoms with Gasteiger partial charge in [0.1, 0.15) is 16.9 Å². The summed E-state index contributed by atoms with van der Waals surface area (Å²) in [4.78, 5) is 0. The monoisotopic (exact) mass is 552 g/mol. The number of hydrogen-bond acceptors (Lipinski definition) is 2. The standard InChI is InChI=1S/C26H18F10O2/c1-3-18-19(27)21(29)23(22(30)20(18)28)38-17-10-6-15(7-11-17)24(26(34,35)36,12-13-25(31,32)33)14-4-8-16(37-2)9-5-14/h3-11H,1,12-13H2,2H3. The van der Waals surface area contributed by atoms with Gasteiger partial charge in [-0.15, -0.1) is 0 Å². The Morgan fingerprint density at radius 3 is 1.50 bits per heavy atom. The fourth-order valence-electron chi connectivity index (χ4n) is 3.95. The van der Waals surface area contributed by atoms with Crippen LogP contribution in [0.5, 0.6) is 17.2 Å². The van der Waals surface area contributed by atoms with Crippen LogP contribution in [0.4, 0.5) is 43.9 Å². The molecule has 0 N–H and O–H groups in total. The number of hydrogen-bond donors (Lipinski definition) is 0. The van der Waals surface area contributed by atoms with Gasteiger partial charge in [-0.05, 0) is 41.8 Å². The molecule has 0 aromatic heterocycles. The van der Waals surface area contributed by atoms with E-state index in [1.807, 2.05) is 0 Å². The first kappa shape index (κ1) is 28.9. The predicted molar refractivity (Wildman–Crippen MR) is 118 cm³/mol. The van der Waals surface area contributed by atoms with Crippen molar-refractivity contribution in [2.24, 2.45) is 0 Å². The van der Waals surface area contributed by atoms with Crippen molar-refractivity contribution >= 4 is 6.08 Å². The quantitative estimate of drug-likeness (QED) is 0.205. The summed E-state index contributed by atoms with van der Waals surface area (Å²) in [6, 6.07) is 7.33. The molecule has 3 rings (SSSR count). The molecule has 3 aromatic carbocycles. The molecule has 0 aliphatic heterocycles. The minimum Gasteiger partial charge on any atom is -0.497 e. The van der Waals surface area contributed by atoms with Crippen molar-refractivity contribution in [1.29, 1.82) is 0 Å². The third kappa shape index (κ3) is 5.44. The number of benzene rings is 3. The highest BCUT2D eigenvalue weighted by Crippen LogP contribution is 2.51. The molecule has 38 heavy (non-hydrogen) atoms. The molecule has 0 radical (unpaired) electrons. The normalized spacial score (nSPS) is 13.7. The first-order chi connectivity index (χ1) is 17.7. The average molecular weight is 552 g/mol. The van der Waals surface area contributed by atoms with Crippen molar-refractivity contribution in [3.05, 3.63) is 95.1 Å². The second kappa shape index (κ2) is 10.6. The fraction of sp³-hybridized carbons (Fsp3) is 0.231. The Morgan fingerprint density at radius 2 is 1.13 bits per heavy atom. The summed E-state index contributed by atoms with van der Waals surface area (Å²) in [5.74, 6) is -9.35. The summed E-state index contributed by atoms with van der Waals surface area (Å²) < 4.78 is 149. The maximum atomic E-state index is 14.6. The molecule has 3 aromatic rings. The molecule has 0 spiro atoms. The van der Waals surface area contributed by atoms with Crippen LogP contribution in [0.2, 0.25) is 0 Å². The molecule has 0 aliphatic carbocycles. The maximum Gasteiger partial charge on any atom is 0.402 e. The Kier molecular flexibility index (Phi) is 8.04. The lowest BCUT2D eigenvalue weighted by molar-refractivity contribution is -0.193. The minimum atomic E-state index is -5.24. The molecule has 0 bridgehead atoms. The highest BCUT2D eigenvalue weighted by Gasteiger charge is 2.57. The molecule has 0 saturated heterocycles. The van der Waals surface area contributed by atoms with Crippen molar-refractivity contribution in [3.8, 4) is 17.2 Å². The smallest absolute Gasteiger partial charge is 0.402 e. The maximum absolute atomic E-state index is 14.6. The van der Waals surface area contributed by atoms with Crippen molar-refractivity contribution in [2.45, 2.75) is 30.6 Å². The summed E-state index contributed by atoms with van der Waals surface area (Å²) in [5.41, 5.74) is -5.42. The SMILES string of the molecule is C=Cc1c(F)c(F)c(Oc2ccc(C(CCC(F)(F)F)(c3ccc(OC)cc3)C(F)(F)F)cc2)c(F)c1F. The zero-order valence-corrected chi connectivity index (χ0v) is 19.4. The van der Waals surface area contributed by atoms with Gasteiger partial charge in [0.2, 0.25) is 17.4 Å². The van der Waals surface area contributed by atoms with E-state index >= 15 is 0 Å². The van der Waals surface area contributed by atoms with Crippen molar-refractivity contribution in [2.75, 3.05) is 7.11 Å². The summed E-state index contributed by atoms with van der Waals surface area (Å²) >= 11 is 0. The molecule has 0 saturated carbocycles. The van der Waals surface area contributed by atoms with E-state index in [-0.39, 0.29) is 5.75 Å². The van der Waals surface area contributed by atoms with E-state index in [2.05, 4.69) is 6.58 Å². The Balaban J connectivity index is 2.12. The van der Waals surface area contributed by atoms with Crippen LogP contribution in [0.15, 0.2) is 55.1 Å². The van der Waals surface area contributed by atoms with E-state index in [1.165, 1.54) is 7.11 Å². The summed E-state index contributed by atoms with van der Waals surface area (Å²) in [5, 5.41) is 0. The van der Waals surface area contributed by atoms with Gasteiger partial charge in [-0.3, -0.25) is 0 Å². The molecule has 0 heterocycles. The highest BCUT2D eigenvalue weighted by molar-refractivity contribution is 5.53. The van der Waals surface area contributed by atoms with Crippen molar-refractivity contribution < 1.29 is 53.4 Å². The zero-order valence-electron chi connectivity index (χ0n) is 19.4. The van der Waals surface area contributed by atoms with Crippen molar-refractivity contribution in [1.82, 2.24) is 0 Å². The fourth-order valence-corrected chi connectivity index (χ4v) is 3.95. The first-order valence-corrected chi connectivity index (χ1v) is 10.7. The second-order valence-electron chi connectivity index (χ2n) is 8.08. The molecule has 0 aliphatic rings. The highest BCUT2D eigenvalue weighted by atomic mass is 19.4. The topological polar surface area (TPSA) is 18.5 Å². The van der Waals surface area contributed by atoms with E-state index in [9.17, 15) is 43.9 Å². The number of rotatable bonds is 8. The predicted octanol–water partition coefficient (Wildman–Crippen LogP) is 8.88. The van der Waals surface area contributed by atoms with Crippen LogP contribution in [0.3, 0.4) is 0 Å². The van der Waals surface area contributed by atoms with E-state index < -0.39 is 82.1 Å². The molecule has 204 valence electrons. The summed E-state index contributed by atoms with van der Waals surface area (Å²) in [7, 11) is 1.25. The number of methoxy groups -OCH3 is 1. The van der Waals surface area contributed by atoms with E-state index in [0.29, 0.717) is 6.08 Å². The largest absolute Gasteiger partial charge is 0.497 e. The lowest BCUT2D eigenvalue weighted by Crippen LogP contribution is -2.44. The van der Waals surface area contributed by atoms with E-state index in [0.717, 1.165) is 48.5 Å². The first-order valence-electron chi connectivity index (χ1n) is 10.7. The minimum absolute atomic E-state index is 0.162. The van der Waals surface area contributed by atoms with Crippen LogP contribution in [-0.4, -0.2) is 19.5 Å². The van der Waals surface area contributed by atoms with Gasteiger partial charge in [0.15, 0.2) is 11.6 Å². The van der Waals surface area contributed by atoms with E-state index in [4.69, 9.17) is 9.47 Å². The zero-order chi connectivity index (χ0) is 28.5. The Labute approximate surface area is 210 Å². The van der Waals surface area contributed by atoms with Crippen molar-refractivity contribution in [3.63, 3.8) is 0 Å². The lowest BCUT2D eigenvalue weighted by atomic mass is 9.70. The van der Waals surface area contributed by atoms with Gasteiger partial charge in [0, 0.05) is 6.42 Å². The molecule has 12 heteroatoms. The summed E-state index contributed by atoms with van der Waals surface area (Å²) in [6.45, 7) is 3.04. The number of halogens is 10. The van der Waals surface area contributed by atoms with Gasteiger partial charge in [0.25, 0.3) is 0 Å². The molecule has 1 atom stereocenters. The molecule has 2 nitrogen and oxygen atoms in total. The Morgan fingerprint density at radius 1 is 0.684 bits per heavy atom. The van der Waals surface area contributed by atoms with Crippen LogP contribution in [-0.2, 0) is 5.41 Å². The second-order valence-corrected chi connectivity index (χ2v) is 8.08. The van der Waals surface area contributed by atoms with Crippen LogP contribution < -0.4 is 9.47 Å². The van der Waals surface area contributed by atoms with Crippen LogP contribution in [0, 0.1) is 23.3 Å². The molecular weight excluding hydrogens is 534 g/mol. The summed E-state index contributed by atoms with van der Waals surface area (Å²) in [6.07, 6.45) is -12.8. The van der Waals surface area contributed by atoms with Gasteiger partial charge in [-0.1, -0.05) is 36.9 Å². The van der Waals surface area contributed by atoms with E-state index in [1.54, 1.807) is 0 Å². The van der Waals surface area contributed by atoms with Crippen LogP contribution >= 0.6 is 0 Å². The Hall–Kier alpha value is -3.70. The van der Waals surface area contributed by atoms with Gasteiger partial charge < -0.3 is 9.47 Å². The Bertz CT molecular complexity index is 1270. The number of alkyl halides is 6. The van der Waals surface area contributed by atoms with Gasteiger partial charge in [0.05, 0.1) is 12.7 Å².